The van der Waals surface area contributed by atoms with Crippen LogP contribution in [-0.4, -0.2) is 34.6 Å². The molecule has 2 saturated carbocycles. The molecule has 7 heteroatoms. The van der Waals surface area contributed by atoms with E-state index in [1.54, 1.807) is 0 Å². The second-order valence-corrected chi connectivity index (χ2v) is 7.65. The molecule has 3 unspecified atom stereocenters. The number of benzene rings is 1. The minimum absolute atomic E-state index is 0.105. The number of aromatic amines is 2. The molecule has 1 amide bonds. The Bertz CT molecular complexity index is 901. The van der Waals surface area contributed by atoms with Crippen LogP contribution in [0.2, 0.25) is 0 Å². The minimum atomic E-state index is -0.452. The monoisotopic (exact) mass is 347 g/mol. The number of aromatic nitrogens is 2. The van der Waals surface area contributed by atoms with Gasteiger partial charge in [-0.1, -0.05) is 6.42 Å². The number of carbonyl (C=O) groups excluding carboxylic acids is 1. The van der Waals surface area contributed by atoms with Gasteiger partial charge in [0, 0.05) is 24.0 Å². The summed E-state index contributed by atoms with van der Waals surface area (Å²) in [6, 6.07) is 2.74. The number of rotatable bonds is 2. The van der Waals surface area contributed by atoms with Gasteiger partial charge in [0.15, 0.2) is 4.77 Å². The fourth-order valence-electron chi connectivity index (χ4n) is 4.96. The van der Waals surface area contributed by atoms with Crippen LogP contribution in [0.25, 0.3) is 11.0 Å². The van der Waals surface area contributed by atoms with Crippen molar-refractivity contribution in [2.75, 3.05) is 6.61 Å². The summed E-state index contributed by atoms with van der Waals surface area (Å²) in [5, 5.41) is 3.17. The summed E-state index contributed by atoms with van der Waals surface area (Å²) in [6.45, 7) is 0.776. The fourth-order valence-corrected chi connectivity index (χ4v) is 5.17. The number of imidazole rings is 1. The summed E-state index contributed by atoms with van der Waals surface area (Å²) >= 11 is 5.07. The van der Waals surface area contributed by atoms with E-state index in [9.17, 15) is 9.18 Å². The molecule has 1 spiro atoms. The van der Waals surface area contributed by atoms with E-state index in [-0.39, 0.29) is 17.4 Å². The highest BCUT2D eigenvalue weighted by Gasteiger charge is 2.66. The van der Waals surface area contributed by atoms with Crippen molar-refractivity contribution < 1.29 is 13.9 Å². The minimum Gasteiger partial charge on any atom is -0.377 e. The number of H-pyrrole nitrogens is 2. The van der Waals surface area contributed by atoms with Crippen molar-refractivity contribution in [2.24, 2.45) is 11.3 Å². The summed E-state index contributed by atoms with van der Waals surface area (Å²) < 4.78 is 20.1. The van der Waals surface area contributed by atoms with Crippen LogP contribution in [0.15, 0.2) is 12.1 Å². The lowest BCUT2D eigenvalue weighted by Gasteiger charge is -2.63. The number of fused-ring (bicyclic) bond motifs is 3. The highest BCUT2D eigenvalue weighted by atomic mass is 32.1. The summed E-state index contributed by atoms with van der Waals surface area (Å²) in [7, 11) is 0. The first kappa shape index (κ1) is 14.6. The Balaban J connectivity index is 1.48. The van der Waals surface area contributed by atoms with Crippen LogP contribution in [0.3, 0.4) is 0 Å². The Labute approximate surface area is 143 Å². The highest BCUT2D eigenvalue weighted by Crippen LogP contribution is 2.62. The Morgan fingerprint density at radius 3 is 2.96 bits per heavy atom. The van der Waals surface area contributed by atoms with Gasteiger partial charge in [0.25, 0.3) is 5.91 Å². The van der Waals surface area contributed by atoms with Crippen molar-refractivity contribution in [1.29, 1.82) is 0 Å². The first-order chi connectivity index (χ1) is 11.6. The third-order valence-electron chi connectivity index (χ3n) is 6.16. The Morgan fingerprint density at radius 2 is 2.21 bits per heavy atom. The molecule has 0 radical (unpaired) electrons. The van der Waals surface area contributed by atoms with Crippen molar-refractivity contribution in [3.05, 3.63) is 28.3 Å². The Hall–Kier alpha value is -1.73. The molecule has 3 aliphatic rings. The van der Waals surface area contributed by atoms with Crippen LogP contribution in [-0.2, 0) is 4.74 Å². The van der Waals surface area contributed by atoms with Gasteiger partial charge in [-0.05, 0) is 43.6 Å². The largest absolute Gasteiger partial charge is 0.377 e. The predicted octanol–water partition coefficient (Wildman–Crippen LogP) is 3.05. The summed E-state index contributed by atoms with van der Waals surface area (Å²) in [5.41, 5.74) is 1.47. The normalized spacial score (nSPS) is 30.0. The molecule has 1 saturated heterocycles. The Kier molecular flexibility index (Phi) is 2.98. The quantitative estimate of drug-likeness (QED) is 0.731. The lowest BCUT2D eigenvalue weighted by molar-refractivity contribution is -0.172. The third kappa shape index (κ3) is 1.82. The molecular weight excluding hydrogens is 329 g/mol. The number of carbonyl (C=O) groups is 1. The van der Waals surface area contributed by atoms with E-state index in [0.717, 1.165) is 25.9 Å². The van der Waals surface area contributed by atoms with Crippen molar-refractivity contribution in [2.45, 2.75) is 37.8 Å². The molecule has 5 rings (SSSR count). The molecule has 126 valence electrons. The lowest BCUT2D eigenvalue weighted by atomic mass is 9.46. The standard InChI is InChI=1S/C17H18FN3O2S/c18-8-6-10(12-11(7-8)19-16(24)20-12)15(22)21-13-9-2-5-23-14(9)17(13)3-1-4-17/h6-7,9,13-14H,1-5H2,(H,21,22)(H2,19,20,24). The van der Waals surface area contributed by atoms with Gasteiger partial charge >= 0.3 is 0 Å². The molecule has 5 nitrogen and oxygen atoms in total. The molecular formula is C17H18FN3O2S. The van der Waals surface area contributed by atoms with Crippen molar-refractivity contribution >= 4 is 29.2 Å². The summed E-state index contributed by atoms with van der Waals surface area (Å²) in [5.74, 6) is -0.304. The van der Waals surface area contributed by atoms with E-state index < -0.39 is 5.82 Å². The highest BCUT2D eigenvalue weighted by molar-refractivity contribution is 7.71. The van der Waals surface area contributed by atoms with Gasteiger partial charge in [-0.15, -0.1) is 0 Å². The Morgan fingerprint density at radius 1 is 1.38 bits per heavy atom. The third-order valence-corrected chi connectivity index (χ3v) is 6.36. The van der Waals surface area contributed by atoms with Crippen LogP contribution in [0.1, 0.15) is 36.0 Å². The number of hydrogen-bond acceptors (Lipinski definition) is 3. The molecule has 2 heterocycles. The van der Waals surface area contributed by atoms with E-state index in [1.165, 1.54) is 18.6 Å². The second-order valence-electron chi connectivity index (χ2n) is 7.24. The molecule has 2 aliphatic carbocycles. The van der Waals surface area contributed by atoms with Gasteiger partial charge in [-0.25, -0.2) is 4.39 Å². The average molecular weight is 347 g/mol. The van der Waals surface area contributed by atoms with Crippen molar-refractivity contribution in [3.63, 3.8) is 0 Å². The molecule has 1 aromatic heterocycles. The maximum atomic E-state index is 13.9. The SMILES string of the molecule is O=C(NC1C2CCOC2C12CCC2)c1cc(F)cc2[nH]c(=S)[nH]c12. The van der Waals surface area contributed by atoms with Crippen LogP contribution in [0, 0.1) is 21.9 Å². The van der Waals surface area contributed by atoms with Gasteiger partial charge in [-0.2, -0.15) is 0 Å². The summed E-state index contributed by atoms with van der Waals surface area (Å²) in [4.78, 5) is 18.7. The van der Waals surface area contributed by atoms with Gasteiger partial charge in [0.1, 0.15) is 5.82 Å². The maximum absolute atomic E-state index is 13.9. The first-order valence-corrected chi connectivity index (χ1v) is 8.83. The van der Waals surface area contributed by atoms with E-state index >= 15 is 0 Å². The molecule has 1 aromatic carbocycles. The van der Waals surface area contributed by atoms with Gasteiger partial charge in [-0.3, -0.25) is 4.79 Å². The van der Waals surface area contributed by atoms with Crippen LogP contribution >= 0.6 is 12.2 Å². The molecule has 3 fully saturated rings. The van der Waals surface area contributed by atoms with Crippen LogP contribution in [0.4, 0.5) is 4.39 Å². The first-order valence-electron chi connectivity index (χ1n) is 8.42. The number of nitrogens with one attached hydrogen (secondary N) is 3. The molecule has 3 atom stereocenters. The molecule has 3 N–H and O–H groups in total. The number of halogens is 1. The van der Waals surface area contributed by atoms with Crippen LogP contribution in [0.5, 0.6) is 0 Å². The zero-order valence-corrected chi connectivity index (χ0v) is 13.8. The maximum Gasteiger partial charge on any atom is 0.253 e. The average Bonchev–Trinajstić information content (AvgIpc) is 3.06. The van der Waals surface area contributed by atoms with E-state index in [0.29, 0.717) is 33.4 Å². The molecule has 1 aliphatic heterocycles. The predicted molar refractivity (Wildman–Crippen MR) is 88.8 cm³/mol. The van der Waals surface area contributed by atoms with Crippen molar-refractivity contribution in [3.8, 4) is 0 Å². The van der Waals surface area contributed by atoms with Crippen molar-refractivity contribution in [1.82, 2.24) is 15.3 Å². The lowest BCUT2D eigenvalue weighted by Crippen LogP contribution is -2.71. The zero-order chi connectivity index (χ0) is 16.5. The zero-order valence-electron chi connectivity index (χ0n) is 13.0. The fraction of sp³-hybridized carbons (Fsp3) is 0.529. The molecule has 2 aromatic rings. The topological polar surface area (TPSA) is 69.9 Å². The van der Waals surface area contributed by atoms with Gasteiger partial charge in [0.2, 0.25) is 0 Å². The van der Waals surface area contributed by atoms with Gasteiger partial charge < -0.3 is 20.0 Å². The van der Waals surface area contributed by atoms with E-state index in [4.69, 9.17) is 17.0 Å². The van der Waals surface area contributed by atoms with Crippen LogP contribution < -0.4 is 5.32 Å². The van der Waals surface area contributed by atoms with E-state index in [2.05, 4.69) is 15.3 Å². The number of amides is 1. The van der Waals surface area contributed by atoms with Gasteiger partial charge in [0.05, 0.1) is 22.7 Å². The summed E-state index contributed by atoms with van der Waals surface area (Å²) in [6.07, 6.45) is 4.67. The molecule has 0 bridgehead atoms. The number of ether oxygens (including phenoxy) is 1. The molecule has 24 heavy (non-hydrogen) atoms. The van der Waals surface area contributed by atoms with E-state index in [1.807, 2.05) is 0 Å². The smallest absolute Gasteiger partial charge is 0.253 e. The number of hydrogen-bond donors (Lipinski definition) is 3. The second kappa shape index (κ2) is 4.89.